The average molecular weight is 481 g/mol. The Hall–Kier alpha value is -0.450. The molecule has 1 aliphatic heterocycles. The number of halogens is 1. The number of unbranched alkanes of at least 4 members (excludes halogenated alkanes) is 1. The van der Waals surface area contributed by atoms with Crippen LogP contribution in [-0.2, 0) is 11.3 Å². The van der Waals surface area contributed by atoms with Crippen LogP contribution in [0, 0.1) is 13.8 Å². The summed E-state index contributed by atoms with van der Waals surface area (Å²) in [6.45, 7) is 13.8. The molecule has 0 aromatic carbocycles. The van der Waals surface area contributed by atoms with Gasteiger partial charge < -0.3 is 15.4 Å². The summed E-state index contributed by atoms with van der Waals surface area (Å²) in [4.78, 5) is 12.9. The number of thiazole rings is 1. The lowest BCUT2D eigenvalue weighted by Crippen LogP contribution is -2.39. The van der Waals surface area contributed by atoms with Gasteiger partial charge in [-0.05, 0) is 40.2 Å². The topological polar surface area (TPSA) is 61.8 Å². The first-order valence-corrected chi connectivity index (χ1v) is 9.76. The van der Waals surface area contributed by atoms with E-state index < -0.39 is 0 Å². The van der Waals surface area contributed by atoms with Crippen LogP contribution in [0.5, 0.6) is 0 Å². The standard InChI is InChI=1S/C17H31N5OS.HI/c1-4-18-17(20-13-16-21-14(2)15(3)24-16)19-7-5-6-8-22-9-11-23-12-10-22;/h4-13H2,1-3H3,(H2,18,19,20);1H. The second-order valence-corrected chi connectivity index (χ2v) is 7.32. The van der Waals surface area contributed by atoms with Gasteiger partial charge in [0.25, 0.3) is 0 Å². The van der Waals surface area contributed by atoms with E-state index in [4.69, 9.17) is 4.74 Å². The molecule has 0 unspecified atom stereocenters. The monoisotopic (exact) mass is 481 g/mol. The van der Waals surface area contributed by atoms with Gasteiger partial charge in [-0.15, -0.1) is 35.3 Å². The Morgan fingerprint density at radius 2 is 2.00 bits per heavy atom. The molecule has 2 rings (SSSR count). The zero-order chi connectivity index (χ0) is 17.2. The summed E-state index contributed by atoms with van der Waals surface area (Å²) >= 11 is 1.73. The Morgan fingerprint density at radius 1 is 1.24 bits per heavy atom. The van der Waals surface area contributed by atoms with Crippen molar-refractivity contribution >= 4 is 41.3 Å². The number of guanidine groups is 1. The van der Waals surface area contributed by atoms with Crippen molar-refractivity contribution in [1.82, 2.24) is 20.5 Å². The number of nitrogens with zero attached hydrogens (tertiary/aromatic N) is 3. The highest BCUT2D eigenvalue weighted by Crippen LogP contribution is 2.16. The molecule has 8 heteroatoms. The SMILES string of the molecule is CCNC(=NCc1nc(C)c(C)s1)NCCCCN1CCOCC1.I. The second-order valence-electron chi connectivity index (χ2n) is 6.03. The van der Waals surface area contributed by atoms with E-state index in [-0.39, 0.29) is 24.0 Å². The predicted octanol–water partition coefficient (Wildman–Crippen LogP) is 2.55. The second kappa shape index (κ2) is 12.8. The van der Waals surface area contributed by atoms with Gasteiger partial charge in [0, 0.05) is 31.1 Å². The minimum Gasteiger partial charge on any atom is -0.379 e. The van der Waals surface area contributed by atoms with E-state index in [1.54, 1.807) is 11.3 Å². The number of aryl methyl sites for hydroxylation is 2. The number of ether oxygens (including phenoxy) is 1. The lowest BCUT2D eigenvalue weighted by atomic mass is 10.3. The molecule has 1 aromatic heterocycles. The molecule has 0 amide bonds. The molecular formula is C17H32IN5OS. The molecule has 1 aromatic rings. The first-order valence-electron chi connectivity index (χ1n) is 8.94. The minimum atomic E-state index is 0. The molecule has 0 aliphatic carbocycles. The lowest BCUT2D eigenvalue weighted by Gasteiger charge is -2.26. The fourth-order valence-corrected chi connectivity index (χ4v) is 3.45. The van der Waals surface area contributed by atoms with E-state index in [2.05, 4.69) is 46.3 Å². The van der Waals surface area contributed by atoms with Gasteiger partial charge in [0.15, 0.2) is 5.96 Å². The van der Waals surface area contributed by atoms with Gasteiger partial charge >= 0.3 is 0 Å². The number of hydrogen-bond acceptors (Lipinski definition) is 5. The number of aromatic nitrogens is 1. The summed E-state index contributed by atoms with van der Waals surface area (Å²) in [5.41, 5.74) is 1.12. The Morgan fingerprint density at radius 3 is 2.64 bits per heavy atom. The Labute approximate surface area is 172 Å². The van der Waals surface area contributed by atoms with Crippen LogP contribution in [0.2, 0.25) is 0 Å². The summed E-state index contributed by atoms with van der Waals surface area (Å²) in [6.07, 6.45) is 2.36. The molecule has 1 aliphatic rings. The summed E-state index contributed by atoms with van der Waals surface area (Å²) < 4.78 is 5.38. The van der Waals surface area contributed by atoms with Gasteiger partial charge in [-0.1, -0.05) is 0 Å². The van der Waals surface area contributed by atoms with Crippen molar-refractivity contribution in [3.8, 4) is 0 Å². The molecule has 25 heavy (non-hydrogen) atoms. The number of rotatable bonds is 8. The van der Waals surface area contributed by atoms with Crippen molar-refractivity contribution in [2.45, 2.75) is 40.2 Å². The highest BCUT2D eigenvalue weighted by molar-refractivity contribution is 14.0. The Bertz CT molecular complexity index is 498. The van der Waals surface area contributed by atoms with Gasteiger partial charge in [0.05, 0.1) is 25.5 Å². The smallest absolute Gasteiger partial charge is 0.191 e. The van der Waals surface area contributed by atoms with E-state index in [1.807, 2.05) is 0 Å². The summed E-state index contributed by atoms with van der Waals surface area (Å²) in [5.74, 6) is 0.884. The van der Waals surface area contributed by atoms with Crippen LogP contribution in [-0.4, -0.2) is 61.8 Å². The van der Waals surface area contributed by atoms with Crippen molar-refractivity contribution in [2.24, 2.45) is 4.99 Å². The molecule has 2 heterocycles. The van der Waals surface area contributed by atoms with Crippen LogP contribution in [0.25, 0.3) is 0 Å². The lowest BCUT2D eigenvalue weighted by molar-refractivity contribution is 0.0372. The van der Waals surface area contributed by atoms with Crippen LogP contribution in [0.15, 0.2) is 4.99 Å². The van der Waals surface area contributed by atoms with Gasteiger partial charge in [-0.3, -0.25) is 4.90 Å². The number of morpholine rings is 1. The van der Waals surface area contributed by atoms with Crippen LogP contribution in [0.3, 0.4) is 0 Å². The number of hydrogen-bond donors (Lipinski definition) is 2. The van der Waals surface area contributed by atoms with Crippen LogP contribution >= 0.6 is 35.3 Å². The first-order chi connectivity index (χ1) is 11.7. The largest absolute Gasteiger partial charge is 0.379 e. The quantitative estimate of drug-likeness (QED) is 0.259. The summed E-state index contributed by atoms with van der Waals surface area (Å²) in [6, 6.07) is 0. The van der Waals surface area contributed by atoms with Crippen molar-refractivity contribution in [1.29, 1.82) is 0 Å². The Kier molecular flexibility index (Phi) is 11.6. The third-order valence-electron chi connectivity index (χ3n) is 4.09. The van der Waals surface area contributed by atoms with E-state index in [9.17, 15) is 0 Å². The summed E-state index contributed by atoms with van der Waals surface area (Å²) in [5, 5.41) is 7.80. The zero-order valence-corrected chi connectivity index (χ0v) is 18.8. The van der Waals surface area contributed by atoms with Crippen molar-refractivity contribution in [3.05, 3.63) is 15.6 Å². The van der Waals surface area contributed by atoms with Crippen LogP contribution < -0.4 is 10.6 Å². The van der Waals surface area contributed by atoms with E-state index >= 15 is 0 Å². The maximum Gasteiger partial charge on any atom is 0.191 e. The van der Waals surface area contributed by atoms with Crippen molar-refractivity contribution in [2.75, 3.05) is 45.9 Å². The van der Waals surface area contributed by atoms with Gasteiger partial charge in [-0.25, -0.2) is 9.98 Å². The maximum atomic E-state index is 5.38. The van der Waals surface area contributed by atoms with Gasteiger partial charge in [0.2, 0.25) is 0 Å². The molecule has 144 valence electrons. The van der Waals surface area contributed by atoms with Crippen LogP contribution in [0.4, 0.5) is 0 Å². The third-order valence-corrected chi connectivity index (χ3v) is 5.14. The molecule has 2 N–H and O–H groups in total. The van der Waals surface area contributed by atoms with Crippen molar-refractivity contribution in [3.63, 3.8) is 0 Å². The van der Waals surface area contributed by atoms with Crippen molar-refractivity contribution < 1.29 is 4.74 Å². The number of nitrogens with one attached hydrogen (secondary N) is 2. The summed E-state index contributed by atoms with van der Waals surface area (Å²) in [7, 11) is 0. The predicted molar refractivity (Wildman–Crippen MR) is 116 cm³/mol. The molecule has 0 bridgehead atoms. The molecule has 0 radical (unpaired) electrons. The molecular weight excluding hydrogens is 449 g/mol. The molecule has 1 fully saturated rings. The van der Waals surface area contributed by atoms with E-state index in [1.165, 1.54) is 11.3 Å². The Balaban J connectivity index is 0.00000312. The average Bonchev–Trinajstić information content (AvgIpc) is 2.91. The number of aliphatic imine (C=N–C) groups is 1. The third kappa shape index (κ3) is 8.65. The molecule has 6 nitrogen and oxygen atoms in total. The van der Waals surface area contributed by atoms with E-state index in [0.29, 0.717) is 6.54 Å². The molecule has 0 saturated carbocycles. The highest BCUT2D eigenvalue weighted by Gasteiger charge is 2.09. The maximum absolute atomic E-state index is 5.38. The van der Waals surface area contributed by atoms with Gasteiger partial charge in [-0.2, -0.15) is 0 Å². The normalized spacial score (nSPS) is 15.7. The zero-order valence-electron chi connectivity index (χ0n) is 15.6. The fraction of sp³-hybridized carbons (Fsp3) is 0.765. The minimum absolute atomic E-state index is 0. The fourth-order valence-electron chi connectivity index (χ4n) is 2.59. The van der Waals surface area contributed by atoms with E-state index in [0.717, 1.165) is 69.0 Å². The molecule has 0 spiro atoms. The molecule has 0 atom stereocenters. The first kappa shape index (κ1) is 22.6. The van der Waals surface area contributed by atoms with Gasteiger partial charge in [0.1, 0.15) is 5.01 Å². The highest BCUT2D eigenvalue weighted by atomic mass is 127. The molecule has 1 saturated heterocycles. The van der Waals surface area contributed by atoms with Crippen LogP contribution in [0.1, 0.15) is 35.3 Å².